The maximum Gasteiger partial charge on any atom is 0.252 e. The monoisotopic (exact) mass is 431 g/mol. The molecule has 1 aliphatic heterocycles. The van der Waals surface area contributed by atoms with Crippen LogP contribution in [0, 0.1) is 6.92 Å². The zero-order chi connectivity index (χ0) is 15.5. The minimum atomic E-state index is -0.0442. The maximum atomic E-state index is 12.5. The van der Waals surface area contributed by atoms with Gasteiger partial charge in [0.2, 0.25) is 0 Å². The summed E-state index contributed by atoms with van der Waals surface area (Å²) in [6, 6.07) is 7.66. The van der Waals surface area contributed by atoms with E-state index in [-0.39, 0.29) is 30.7 Å². The van der Waals surface area contributed by atoms with E-state index < -0.39 is 0 Å². The summed E-state index contributed by atoms with van der Waals surface area (Å²) >= 11 is 3.45. The molecule has 0 saturated carbocycles. The van der Waals surface area contributed by atoms with Gasteiger partial charge in [0.05, 0.1) is 11.1 Å². The van der Waals surface area contributed by atoms with Crippen molar-refractivity contribution in [3.8, 4) is 0 Å². The molecule has 1 aliphatic rings. The van der Waals surface area contributed by atoms with Crippen molar-refractivity contribution in [2.75, 3.05) is 19.6 Å². The summed E-state index contributed by atoms with van der Waals surface area (Å²) in [5, 5.41) is 7.18. The maximum absolute atomic E-state index is 12.5. The molecule has 0 spiro atoms. The van der Waals surface area contributed by atoms with E-state index in [0.29, 0.717) is 12.1 Å². The number of pyridine rings is 1. The van der Waals surface area contributed by atoms with E-state index in [4.69, 9.17) is 0 Å². The number of carbonyl (C=O) groups is 1. The van der Waals surface area contributed by atoms with Crippen molar-refractivity contribution < 1.29 is 4.79 Å². The van der Waals surface area contributed by atoms with Crippen LogP contribution in [0.4, 0.5) is 0 Å². The molecule has 1 aromatic carbocycles. The van der Waals surface area contributed by atoms with Gasteiger partial charge in [-0.15, -0.1) is 24.8 Å². The molecule has 1 amide bonds. The lowest BCUT2D eigenvalue weighted by Gasteiger charge is -2.15. The summed E-state index contributed by atoms with van der Waals surface area (Å²) in [5.74, 6) is -0.0442. The van der Waals surface area contributed by atoms with Crippen LogP contribution in [0.1, 0.15) is 22.5 Å². The lowest BCUT2D eigenvalue weighted by atomic mass is 10.1. The SMILES string of the molecule is Cc1cc(C(=O)NCC2=CCNCC2)c2ccc(Br)cc2n1.Cl.Cl. The molecular formula is C17H20BrCl2N3O. The number of nitrogens with one attached hydrogen (secondary N) is 2. The predicted molar refractivity (Wildman–Crippen MR) is 107 cm³/mol. The van der Waals surface area contributed by atoms with Crippen LogP contribution in [-0.4, -0.2) is 30.5 Å². The molecule has 24 heavy (non-hydrogen) atoms. The van der Waals surface area contributed by atoms with E-state index in [0.717, 1.165) is 40.6 Å². The Balaban J connectivity index is 0.00000144. The van der Waals surface area contributed by atoms with Crippen LogP contribution in [-0.2, 0) is 0 Å². The predicted octanol–water partition coefficient (Wildman–Crippen LogP) is 3.80. The summed E-state index contributed by atoms with van der Waals surface area (Å²) in [6.07, 6.45) is 3.14. The average molecular weight is 433 g/mol. The number of aryl methyl sites for hydroxylation is 1. The number of carbonyl (C=O) groups excluding carboxylic acids is 1. The highest BCUT2D eigenvalue weighted by Gasteiger charge is 2.13. The first-order chi connectivity index (χ1) is 10.6. The van der Waals surface area contributed by atoms with Gasteiger partial charge in [-0.3, -0.25) is 9.78 Å². The van der Waals surface area contributed by atoms with Crippen molar-refractivity contribution >= 4 is 57.6 Å². The van der Waals surface area contributed by atoms with Crippen molar-refractivity contribution in [1.29, 1.82) is 0 Å². The zero-order valence-electron chi connectivity index (χ0n) is 13.3. The van der Waals surface area contributed by atoms with Crippen LogP contribution in [0.2, 0.25) is 0 Å². The molecule has 130 valence electrons. The summed E-state index contributed by atoms with van der Waals surface area (Å²) in [4.78, 5) is 17.0. The highest BCUT2D eigenvalue weighted by atomic mass is 79.9. The standard InChI is InChI=1S/C17H18BrN3O.2ClH/c1-11-8-15(14-3-2-13(18)9-16(14)21-11)17(22)20-10-12-4-6-19-7-5-12;;/h2-4,8-9,19H,5-7,10H2,1H3,(H,20,22);2*1H. The number of benzene rings is 1. The van der Waals surface area contributed by atoms with E-state index in [1.807, 2.05) is 31.2 Å². The van der Waals surface area contributed by atoms with Crippen LogP contribution in [0.5, 0.6) is 0 Å². The Bertz CT molecular complexity index is 760. The van der Waals surface area contributed by atoms with E-state index in [1.165, 1.54) is 5.57 Å². The Morgan fingerprint density at radius 2 is 2.12 bits per heavy atom. The van der Waals surface area contributed by atoms with Crippen molar-refractivity contribution in [2.45, 2.75) is 13.3 Å². The fourth-order valence-electron chi connectivity index (χ4n) is 2.64. The number of hydrogen-bond acceptors (Lipinski definition) is 3. The third-order valence-corrected chi connectivity index (χ3v) is 4.27. The molecule has 0 atom stereocenters. The van der Waals surface area contributed by atoms with Gasteiger partial charge < -0.3 is 10.6 Å². The molecule has 7 heteroatoms. The van der Waals surface area contributed by atoms with Crippen LogP contribution in [0.3, 0.4) is 0 Å². The topological polar surface area (TPSA) is 54.0 Å². The normalized spacial score (nSPS) is 13.5. The minimum absolute atomic E-state index is 0. The fourth-order valence-corrected chi connectivity index (χ4v) is 2.99. The average Bonchev–Trinajstić information content (AvgIpc) is 2.52. The lowest BCUT2D eigenvalue weighted by Crippen LogP contribution is -2.29. The molecule has 0 radical (unpaired) electrons. The third-order valence-electron chi connectivity index (χ3n) is 3.78. The second-order valence-corrected chi connectivity index (χ2v) is 6.39. The summed E-state index contributed by atoms with van der Waals surface area (Å²) in [5.41, 5.74) is 3.65. The number of nitrogens with zero attached hydrogens (tertiary/aromatic N) is 1. The molecule has 2 aromatic rings. The largest absolute Gasteiger partial charge is 0.348 e. The van der Waals surface area contributed by atoms with Crippen molar-refractivity contribution in [1.82, 2.24) is 15.6 Å². The van der Waals surface area contributed by atoms with E-state index in [1.54, 1.807) is 0 Å². The van der Waals surface area contributed by atoms with Gasteiger partial charge in [-0.05, 0) is 38.1 Å². The zero-order valence-corrected chi connectivity index (χ0v) is 16.5. The molecule has 2 heterocycles. The Morgan fingerprint density at radius 1 is 1.33 bits per heavy atom. The number of halogens is 3. The molecular weight excluding hydrogens is 413 g/mol. The molecule has 3 rings (SSSR count). The van der Waals surface area contributed by atoms with Crippen molar-refractivity contribution in [3.05, 3.63) is 51.6 Å². The first-order valence-corrected chi connectivity index (χ1v) is 8.16. The molecule has 0 bridgehead atoms. The van der Waals surface area contributed by atoms with Crippen molar-refractivity contribution in [3.63, 3.8) is 0 Å². The van der Waals surface area contributed by atoms with E-state index in [2.05, 4.69) is 37.6 Å². The summed E-state index contributed by atoms with van der Waals surface area (Å²) < 4.78 is 0.962. The van der Waals surface area contributed by atoms with Gasteiger partial charge in [-0.2, -0.15) is 0 Å². The smallest absolute Gasteiger partial charge is 0.252 e. The van der Waals surface area contributed by atoms with E-state index in [9.17, 15) is 4.79 Å². The summed E-state index contributed by atoms with van der Waals surface area (Å²) in [7, 11) is 0. The number of amides is 1. The van der Waals surface area contributed by atoms with Crippen LogP contribution in [0.25, 0.3) is 10.9 Å². The minimum Gasteiger partial charge on any atom is -0.348 e. The fraction of sp³-hybridized carbons (Fsp3) is 0.294. The highest BCUT2D eigenvalue weighted by molar-refractivity contribution is 9.10. The molecule has 1 aromatic heterocycles. The van der Waals surface area contributed by atoms with Gasteiger partial charge in [0, 0.05) is 28.6 Å². The van der Waals surface area contributed by atoms with Gasteiger partial charge in [0.15, 0.2) is 0 Å². The first-order valence-electron chi connectivity index (χ1n) is 7.37. The Kier molecular flexibility index (Phi) is 8.16. The number of aromatic nitrogens is 1. The molecule has 0 fully saturated rings. The van der Waals surface area contributed by atoms with E-state index >= 15 is 0 Å². The second kappa shape index (κ2) is 9.37. The van der Waals surface area contributed by atoms with Crippen molar-refractivity contribution in [2.24, 2.45) is 0 Å². The van der Waals surface area contributed by atoms with Crippen LogP contribution < -0.4 is 10.6 Å². The Labute approximate surface area is 162 Å². The Hall–Kier alpha value is -1.14. The number of hydrogen-bond donors (Lipinski definition) is 2. The summed E-state index contributed by atoms with van der Waals surface area (Å²) in [6.45, 7) is 4.38. The molecule has 2 N–H and O–H groups in total. The third kappa shape index (κ3) is 4.93. The van der Waals surface area contributed by atoms with Crippen LogP contribution >= 0.6 is 40.7 Å². The first kappa shape index (κ1) is 20.9. The van der Waals surface area contributed by atoms with Gasteiger partial charge in [-0.25, -0.2) is 0 Å². The highest BCUT2D eigenvalue weighted by Crippen LogP contribution is 2.22. The number of rotatable bonds is 3. The van der Waals surface area contributed by atoms with Crippen LogP contribution in [0.15, 0.2) is 40.4 Å². The molecule has 0 saturated heterocycles. The molecule has 0 aliphatic carbocycles. The Morgan fingerprint density at radius 3 is 2.83 bits per heavy atom. The molecule has 4 nitrogen and oxygen atoms in total. The number of fused-ring (bicyclic) bond motifs is 1. The van der Waals surface area contributed by atoms with Gasteiger partial charge in [0.1, 0.15) is 0 Å². The lowest BCUT2D eigenvalue weighted by molar-refractivity contribution is 0.0958. The van der Waals surface area contributed by atoms with Gasteiger partial charge >= 0.3 is 0 Å². The van der Waals surface area contributed by atoms with Gasteiger partial charge in [-0.1, -0.05) is 33.6 Å². The second-order valence-electron chi connectivity index (χ2n) is 5.47. The van der Waals surface area contributed by atoms with Gasteiger partial charge in [0.25, 0.3) is 5.91 Å². The quantitative estimate of drug-likeness (QED) is 0.725. The molecule has 0 unspecified atom stereocenters.